The summed E-state index contributed by atoms with van der Waals surface area (Å²) in [6, 6.07) is 5.20. The fourth-order valence-corrected chi connectivity index (χ4v) is 3.97. The lowest BCUT2D eigenvalue weighted by atomic mass is 9.78. The predicted octanol–water partition coefficient (Wildman–Crippen LogP) is 1.02. The van der Waals surface area contributed by atoms with E-state index in [-0.39, 0.29) is 12.3 Å². The van der Waals surface area contributed by atoms with Gasteiger partial charge in [0.15, 0.2) is 0 Å². The number of esters is 1. The molecule has 1 N–H and O–H groups in total. The van der Waals surface area contributed by atoms with E-state index < -0.39 is 41.1 Å². The van der Waals surface area contributed by atoms with E-state index in [4.69, 9.17) is 4.74 Å². The van der Waals surface area contributed by atoms with Gasteiger partial charge in [-0.3, -0.25) is 24.6 Å². The second kappa shape index (κ2) is 5.66. The molecule has 0 radical (unpaired) electrons. The van der Waals surface area contributed by atoms with Gasteiger partial charge in [0.2, 0.25) is 11.8 Å². The van der Waals surface area contributed by atoms with Crippen LogP contribution in [0.4, 0.5) is 4.39 Å². The maximum absolute atomic E-state index is 13.6. The van der Waals surface area contributed by atoms with Gasteiger partial charge < -0.3 is 4.74 Å². The van der Waals surface area contributed by atoms with Crippen LogP contribution < -0.4 is 5.32 Å². The summed E-state index contributed by atoms with van der Waals surface area (Å²) in [4.78, 5) is 38.7. The minimum atomic E-state index is -1.30. The van der Waals surface area contributed by atoms with Gasteiger partial charge in [-0.15, -0.1) is 0 Å². The van der Waals surface area contributed by atoms with Crippen LogP contribution in [0.3, 0.4) is 0 Å². The van der Waals surface area contributed by atoms with Gasteiger partial charge in [-0.05, 0) is 24.1 Å². The highest BCUT2D eigenvalue weighted by molar-refractivity contribution is 6.09. The Morgan fingerprint density at radius 3 is 2.67 bits per heavy atom. The molecule has 2 fully saturated rings. The first kappa shape index (κ1) is 16.6. The summed E-state index contributed by atoms with van der Waals surface area (Å²) in [6.45, 7) is 1.75. The van der Waals surface area contributed by atoms with Gasteiger partial charge in [-0.25, -0.2) is 4.39 Å². The van der Waals surface area contributed by atoms with Crippen LogP contribution in [-0.4, -0.2) is 42.4 Å². The average molecular weight is 334 g/mol. The summed E-state index contributed by atoms with van der Waals surface area (Å²) in [5.74, 6) is -3.43. The Bertz CT molecular complexity index is 722. The number of amides is 2. The van der Waals surface area contributed by atoms with E-state index in [1.807, 2.05) is 0 Å². The lowest BCUT2D eigenvalue weighted by Crippen LogP contribution is -2.55. The summed E-state index contributed by atoms with van der Waals surface area (Å²) >= 11 is 0. The van der Waals surface area contributed by atoms with Crippen molar-refractivity contribution in [2.45, 2.75) is 24.9 Å². The summed E-state index contributed by atoms with van der Waals surface area (Å²) in [6.07, 6.45) is 0.277. The molecule has 0 aliphatic carbocycles. The summed E-state index contributed by atoms with van der Waals surface area (Å²) in [5.41, 5.74) is -0.769. The topological polar surface area (TPSA) is 75.7 Å². The monoisotopic (exact) mass is 334 g/mol. The van der Waals surface area contributed by atoms with Crippen LogP contribution in [0.2, 0.25) is 0 Å². The van der Waals surface area contributed by atoms with Gasteiger partial charge in [-0.2, -0.15) is 0 Å². The van der Waals surface area contributed by atoms with Crippen molar-refractivity contribution in [3.8, 4) is 0 Å². The summed E-state index contributed by atoms with van der Waals surface area (Å²) in [5, 5.41) is 3.12. The van der Waals surface area contributed by atoms with Crippen molar-refractivity contribution in [3.63, 3.8) is 0 Å². The number of carbonyl (C=O) groups is 3. The fraction of sp³-hybridized carbons (Fsp3) is 0.471. The first-order valence-corrected chi connectivity index (χ1v) is 7.80. The first-order chi connectivity index (χ1) is 11.4. The van der Waals surface area contributed by atoms with Gasteiger partial charge >= 0.3 is 5.97 Å². The molecule has 6 nitrogen and oxygen atoms in total. The van der Waals surface area contributed by atoms with Crippen molar-refractivity contribution in [2.75, 3.05) is 14.2 Å². The van der Waals surface area contributed by atoms with Crippen LogP contribution in [-0.2, 0) is 19.1 Å². The minimum absolute atomic E-state index is 0.277. The molecule has 128 valence electrons. The number of likely N-dealkylation sites (tertiary alicyclic amines) is 1. The van der Waals surface area contributed by atoms with Crippen LogP contribution in [0.1, 0.15) is 24.9 Å². The molecule has 2 saturated heterocycles. The SMILES string of the molecule is CC[C@@]1(C(=O)OC)N[C@@H](c2cccc(F)c2)[C@H]2C(=O)N(C)C(=O)[C@@H]21. The number of rotatable bonds is 3. The van der Waals surface area contributed by atoms with Gasteiger partial charge in [0, 0.05) is 13.1 Å². The Morgan fingerprint density at radius 1 is 1.38 bits per heavy atom. The molecule has 0 bridgehead atoms. The maximum atomic E-state index is 13.6. The molecule has 1 aromatic carbocycles. The highest BCUT2D eigenvalue weighted by atomic mass is 19.1. The third kappa shape index (κ3) is 2.07. The molecule has 2 amide bonds. The van der Waals surface area contributed by atoms with Crippen LogP contribution >= 0.6 is 0 Å². The smallest absolute Gasteiger partial charge is 0.326 e. The largest absolute Gasteiger partial charge is 0.468 e. The van der Waals surface area contributed by atoms with Gasteiger partial charge in [0.25, 0.3) is 0 Å². The Morgan fingerprint density at radius 2 is 2.08 bits per heavy atom. The molecule has 7 heteroatoms. The van der Waals surface area contributed by atoms with Gasteiger partial charge in [0.1, 0.15) is 11.4 Å². The van der Waals surface area contributed by atoms with Crippen LogP contribution in [0.5, 0.6) is 0 Å². The van der Waals surface area contributed by atoms with Crippen molar-refractivity contribution in [2.24, 2.45) is 11.8 Å². The van der Waals surface area contributed by atoms with Crippen LogP contribution in [0.15, 0.2) is 24.3 Å². The van der Waals surface area contributed by atoms with E-state index in [0.717, 1.165) is 4.90 Å². The second-order valence-electron chi connectivity index (χ2n) is 6.23. The van der Waals surface area contributed by atoms with Gasteiger partial charge in [0.05, 0.1) is 18.9 Å². The van der Waals surface area contributed by atoms with E-state index in [2.05, 4.69) is 5.32 Å². The third-order valence-corrected chi connectivity index (χ3v) is 5.19. The van der Waals surface area contributed by atoms with Crippen molar-refractivity contribution < 1.29 is 23.5 Å². The zero-order valence-electron chi connectivity index (χ0n) is 13.7. The second-order valence-corrected chi connectivity index (χ2v) is 6.23. The number of fused-ring (bicyclic) bond motifs is 1. The molecule has 0 aromatic heterocycles. The van der Waals surface area contributed by atoms with Crippen LogP contribution in [0, 0.1) is 17.7 Å². The lowest BCUT2D eigenvalue weighted by Gasteiger charge is -2.30. The van der Waals surface area contributed by atoms with E-state index in [1.165, 1.54) is 32.4 Å². The molecule has 4 atom stereocenters. The lowest BCUT2D eigenvalue weighted by molar-refractivity contribution is -0.154. The van der Waals surface area contributed by atoms with Crippen molar-refractivity contribution in [1.82, 2.24) is 10.2 Å². The molecule has 2 heterocycles. The number of imide groups is 1. The number of benzene rings is 1. The predicted molar refractivity (Wildman–Crippen MR) is 82.1 cm³/mol. The number of halogens is 1. The molecule has 2 aliphatic rings. The van der Waals surface area contributed by atoms with Crippen molar-refractivity contribution in [1.29, 1.82) is 0 Å². The zero-order valence-corrected chi connectivity index (χ0v) is 13.7. The zero-order chi connectivity index (χ0) is 17.6. The van der Waals surface area contributed by atoms with Crippen molar-refractivity contribution in [3.05, 3.63) is 35.6 Å². The standard InChI is InChI=1S/C17H19FN2O4/c1-4-17(16(23)24-3)12-11(14(21)20(2)15(12)22)13(19-17)9-6-5-7-10(18)8-9/h5-8,11-13,19H,4H2,1-3H3/t11-,12+,13-,17+/m0/s1. The Balaban J connectivity index is 2.14. The number of ether oxygens (including phenoxy) is 1. The molecule has 1 aromatic rings. The normalized spacial score (nSPS) is 32.2. The van der Waals surface area contributed by atoms with Gasteiger partial charge in [-0.1, -0.05) is 19.1 Å². The molecular weight excluding hydrogens is 315 g/mol. The quantitative estimate of drug-likeness (QED) is 0.660. The van der Waals surface area contributed by atoms with Crippen LogP contribution in [0.25, 0.3) is 0 Å². The fourth-order valence-electron chi connectivity index (χ4n) is 3.97. The average Bonchev–Trinajstić information content (AvgIpc) is 3.05. The number of nitrogens with one attached hydrogen (secondary N) is 1. The first-order valence-electron chi connectivity index (χ1n) is 7.80. The summed E-state index contributed by atoms with van der Waals surface area (Å²) in [7, 11) is 2.65. The minimum Gasteiger partial charge on any atom is -0.468 e. The maximum Gasteiger partial charge on any atom is 0.326 e. The third-order valence-electron chi connectivity index (χ3n) is 5.19. The number of nitrogens with zero attached hydrogens (tertiary/aromatic N) is 1. The highest BCUT2D eigenvalue weighted by Crippen LogP contribution is 2.49. The Hall–Kier alpha value is -2.28. The van der Waals surface area contributed by atoms with Crippen molar-refractivity contribution >= 4 is 17.8 Å². The Kier molecular flexibility index (Phi) is 3.91. The van der Waals surface area contributed by atoms with E-state index in [9.17, 15) is 18.8 Å². The van der Waals surface area contributed by atoms with E-state index in [1.54, 1.807) is 13.0 Å². The number of carbonyl (C=O) groups excluding carboxylic acids is 3. The number of hydrogen-bond acceptors (Lipinski definition) is 5. The molecule has 0 saturated carbocycles. The molecule has 24 heavy (non-hydrogen) atoms. The number of methoxy groups -OCH3 is 1. The number of hydrogen-bond donors (Lipinski definition) is 1. The van der Waals surface area contributed by atoms with E-state index in [0.29, 0.717) is 5.56 Å². The molecular formula is C17H19FN2O4. The van der Waals surface area contributed by atoms with E-state index >= 15 is 0 Å². The Labute approximate surface area is 139 Å². The molecule has 0 spiro atoms. The highest BCUT2D eigenvalue weighted by Gasteiger charge is 2.67. The summed E-state index contributed by atoms with van der Waals surface area (Å²) < 4.78 is 18.5. The molecule has 3 rings (SSSR count). The molecule has 0 unspecified atom stereocenters. The molecule has 2 aliphatic heterocycles.